The maximum absolute atomic E-state index is 12.3. The number of carbonyl (C=O) groups excluding carboxylic acids is 1. The van der Waals surface area contributed by atoms with Crippen LogP contribution in [0.5, 0.6) is 0 Å². The highest BCUT2D eigenvalue weighted by Gasteiger charge is 2.18. The molecule has 128 valence electrons. The fourth-order valence-electron chi connectivity index (χ4n) is 3.05. The van der Waals surface area contributed by atoms with E-state index in [-0.39, 0.29) is 12.5 Å². The van der Waals surface area contributed by atoms with Gasteiger partial charge in [0.2, 0.25) is 0 Å². The Bertz CT molecular complexity index is 760. The highest BCUT2D eigenvalue weighted by atomic mass is 35.5. The average Bonchev–Trinajstić information content (AvgIpc) is 2.62. The van der Waals surface area contributed by atoms with Crippen molar-refractivity contribution in [1.29, 1.82) is 0 Å². The van der Waals surface area contributed by atoms with Gasteiger partial charge in [-0.05, 0) is 43.4 Å². The van der Waals surface area contributed by atoms with E-state index in [4.69, 9.17) is 26.1 Å². The van der Waals surface area contributed by atoms with Crippen LogP contribution in [0.4, 0.5) is 0 Å². The first-order chi connectivity index (χ1) is 11.6. The number of aromatic nitrogens is 1. The van der Waals surface area contributed by atoms with E-state index in [0.717, 1.165) is 52.9 Å². The molecule has 5 nitrogen and oxygen atoms in total. The van der Waals surface area contributed by atoms with E-state index in [0.29, 0.717) is 5.56 Å². The molecule has 0 bridgehead atoms. The molecule has 0 aliphatic heterocycles. The number of nitrogens with one attached hydrogen (secondary N) is 1. The van der Waals surface area contributed by atoms with Gasteiger partial charge in [-0.25, -0.2) is 0 Å². The molecule has 1 heterocycles. The van der Waals surface area contributed by atoms with E-state index in [1.165, 1.54) is 14.2 Å². The predicted molar refractivity (Wildman–Crippen MR) is 93.5 cm³/mol. The molecule has 0 spiro atoms. The van der Waals surface area contributed by atoms with Crippen LogP contribution in [-0.2, 0) is 22.3 Å². The van der Waals surface area contributed by atoms with Crippen molar-refractivity contribution in [2.75, 3.05) is 20.8 Å². The smallest absolute Gasteiger partial charge is 0.251 e. The van der Waals surface area contributed by atoms with Gasteiger partial charge in [-0.3, -0.25) is 9.78 Å². The molecule has 1 aromatic heterocycles. The SMILES string of the molecule is COC(CNC(=O)c1ccc2c(Cl)c3c(nc2c1)CCCC3)OC. The number of carbonyl (C=O) groups is 1. The molecule has 2 aromatic rings. The Labute approximate surface area is 146 Å². The molecular weight excluding hydrogens is 328 g/mol. The molecule has 1 aromatic carbocycles. The fourth-order valence-corrected chi connectivity index (χ4v) is 3.41. The topological polar surface area (TPSA) is 60.5 Å². The lowest BCUT2D eigenvalue weighted by molar-refractivity contribution is -0.0974. The fraction of sp³-hybridized carbons (Fsp3) is 0.444. The summed E-state index contributed by atoms with van der Waals surface area (Å²) >= 11 is 6.56. The molecule has 0 saturated heterocycles. The second kappa shape index (κ2) is 7.47. The number of fused-ring (bicyclic) bond motifs is 2. The van der Waals surface area contributed by atoms with E-state index in [1.807, 2.05) is 6.07 Å². The molecular formula is C18H21ClN2O3. The van der Waals surface area contributed by atoms with Crippen molar-refractivity contribution in [3.8, 4) is 0 Å². The monoisotopic (exact) mass is 348 g/mol. The molecule has 0 saturated carbocycles. The maximum Gasteiger partial charge on any atom is 0.251 e. The number of methoxy groups -OCH3 is 2. The van der Waals surface area contributed by atoms with Crippen LogP contribution in [-0.4, -0.2) is 37.9 Å². The summed E-state index contributed by atoms with van der Waals surface area (Å²) in [6.07, 6.45) is 3.76. The predicted octanol–water partition coefficient (Wildman–Crippen LogP) is 3.12. The van der Waals surface area contributed by atoms with Crippen LogP contribution in [0, 0.1) is 0 Å². The largest absolute Gasteiger partial charge is 0.354 e. The lowest BCUT2D eigenvalue weighted by atomic mass is 9.94. The first kappa shape index (κ1) is 17.1. The Kier molecular flexibility index (Phi) is 5.33. The molecule has 0 radical (unpaired) electrons. The number of hydrogen-bond acceptors (Lipinski definition) is 4. The van der Waals surface area contributed by atoms with Gasteiger partial charge in [0, 0.05) is 30.9 Å². The number of rotatable bonds is 5. The zero-order chi connectivity index (χ0) is 17.1. The maximum atomic E-state index is 12.3. The van der Waals surface area contributed by atoms with Gasteiger partial charge in [0.1, 0.15) is 0 Å². The molecule has 1 amide bonds. The first-order valence-corrected chi connectivity index (χ1v) is 8.46. The number of ether oxygens (including phenoxy) is 2. The van der Waals surface area contributed by atoms with Crippen LogP contribution in [0.3, 0.4) is 0 Å². The molecule has 6 heteroatoms. The van der Waals surface area contributed by atoms with Crippen molar-refractivity contribution in [3.63, 3.8) is 0 Å². The summed E-state index contributed by atoms with van der Waals surface area (Å²) in [5.41, 5.74) is 3.54. The Morgan fingerprint density at radius 2 is 2.04 bits per heavy atom. The normalized spacial score (nSPS) is 14.0. The van der Waals surface area contributed by atoms with Crippen molar-refractivity contribution in [3.05, 3.63) is 40.0 Å². The molecule has 1 N–H and O–H groups in total. The van der Waals surface area contributed by atoms with Crippen molar-refractivity contribution >= 4 is 28.4 Å². The molecule has 24 heavy (non-hydrogen) atoms. The van der Waals surface area contributed by atoms with E-state index in [2.05, 4.69) is 5.32 Å². The number of amides is 1. The lowest BCUT2D eigenvalue weighted by Crippen LogP contribution is -2.34. The Balaban J connectivity index is 1.87. The van der Waals surface area contributed by atoms with Crippen LogP contribution in [0.25, 0.3) is 10.9 Å². The number of benzene rings is 1. The van der Waals surface area contributed by atoms with Crippen LogP contribution in [0.1, 0.15) is 34.5 Å². The highest BCUT2D eigenvalue weighted by Crippen LogP contribution is 2.33. The van der Waals surface area contributed by atoms with Crippen LogP contribution >= 0.6 is 11.6 Å². The second-order valence-electron chi connectivity index (χ2n) is 5.90. The number of nitrogens with zero attached hydrogens (tertiary/aromatic N) is 1. The third-order valence-electron chi connectivity index (χ3n) is 4.41. The molecule has 0 unspecified atom stereocenters. The van der Waals surface area contributed by atoms with E-state index in [9.17, 15) is 4.79 Å². The summed E-state index contributed by atoms with van der Waals surface area (Å²) in [4.78, 5) is 17.0. The van der Waals surface area contributed by atoms with Gasteiger partial charge < -0.3 is 14.8 Å². The summed E-state index contributed by atoms with van der Waals surface area (Å²) in [5.74, 6) is -0.188. The van der Waals surface area contributed by atoms with Crippen LogP contribution in [0.15, 0.2) is 18.2 Å². The molecule has 1 aliphatic rings. The third kappa shape index (κ3) is 3.38. The van der Waals surface area contributed by atoms with Crippen LogP contribution < -0.4 is 5.32 Å². The van der Waals surface area contributed by atoms with Crippen molar-refractivity contribution < 1.29 is 14.3 Å². The van der Waals surface area contributed by atoms with E-state index in [1.54, 1.807) is 12.1 Å². The Morgan fingerprint density at radius 1 is 1.29 bits per heavy atom. The standard InChI is InChI=1S/C18H21ClN2O3/c1-23-16(24-2)10-20-18(22)11-7-8-13-15(9-11)21-14-6-4-3-5-12(14)17(13)19/h7-9,16H,3-6,10H2,1-2H3,(H,20,22). The lowest BCUT2D eigenvalue weighted by Gasteiger charge is -2.18. The van der Waals surface area contributed by atoms with E-state index < -0.39 is 6.29 Å². The van der Waals surface area contributed by atoms with Gasteiger partial charge in [0.25, 0.3) is 5.91 Å². The third-order valence-corrected chi connectivity index (χ3v) is 4.84. The summed E-state index contributed by atoms with van der Waals surface area (Å²) in [6, 6.07) is 5.44. The molecule has 3 rings (SSSR count). The van der Waals surface area contributed by atoms with Gasteiger partial charge in [-0.1, -0.05) is 17.7 Å². The molecule has 0 fully saturated rings. The van der Waals surface area contributed by atoms with Gasteiger partial charge in [-0.15, -0.1) is 0 Å². The number of aryl methyl sites for hydroxylation is 1. The Morgan fingerprint density at radius 3 is 2.79 bits per heavy atom. The Hall–Kier alpha value is -1.69. The number of pyridine rings is 1. The quantitative estimate of drug-likeness (QED) is 0.843. The van der Waals surface area contributed by atoms with Gasteiger partial charge in [0.05, 0.1) is 17.1 Å². The van der Waals surface area contributed by atoms with Crippen molar-refractivity contribution in [2.45, 2.75) is 32.0 Å². The summed E-state index contributed by atoms with van der Waals surface area (Å²) < 4.78 is 10.1. The minimum atomic E-state index is -0.464. The highest BCUT2D eigenvalue weighted by molar-refractivity contribution is 6.36. The van der Waals surface area contributed by atoms with Crippen molar-refractivity contribution in [2.24, 2.45) is 0 Å². The zero-order valence-corrected chi connectivity index (χ0v) is 14.7. The number of hydrogen-bond donors (Lipinski definition) is 1. The minimum Gasteiger partial charge on any atom is -0.354 e. The zero-order valence-electron chi connectivity index (χ0n) is 13.9. The average molecular weight is 349 g/mol. The van der Waals surface area contributed by atoms with Crippen molar-refractivity contribution in [1.82, 2.24) is 10.3 Å². The first-order valence-electron chi connectivity index (χ1n) is 8.09. The molecule has 0 atom stereocenters. The van der Waals surface area contributed by atoms with Gasteiger partial charge in [0.15, 0.2) is 6.29 Å². The van der Waals surface area contributed by atoms with Crippen LogP contribution in [0.2, 0.25) is 5.02 Å². The van der Waals surface area contributed by atoms with Gasteiger partial charge in [-0.2, -0.15) is 0 Å². The summed E-state index contributed by atoms with van der Waals surface area (Å²) in [5, 5.41) is 4.47. The van der Waals surface area contributed by atoms with Gasteiger partial charge >= 0.3 is 0 Å². The van der Waals surface area contributed by atoms with E-state index >= 15 is 0 Å². The number of halogens is 1. The summed E-state index contributed by atoms with van der Waals surface area (Å²) in [6.45, 7) is 0.280. The molecule has 1 aliphatic carbocycles. The minimum absolute atomic E-state index is 0.188. The summed E-state index contributed by atoms with van der Waals surface area (Å²) in [7, 11) is 3.07. The second-order valence-corrected chi connectivity index (χ2v) is 6.28.